The number of alkyl halides is 2. The fourth-order valence-corrected chi connectivity index (χ4v) is 0. The minimum absolute atomic E-state index is 0.700. The van der Waals surface area contributed by atoms with E-state index in [2.05, 4.69) is 0 Å². The molecule has 0 atom stereocenters. The maximum atomic E-state index is 9.89. The molecule has 0 unspecified atom stereocenters. The summed E-state index contributed by atoms with van der Waals surface area (Å²) in [5.41, 5.74) is 0. The Hall–Kier alpha value is 0.308. The molecule has 0 heterocycles. The van der Waals surface area contributed by atoms with E-state index in [1.54, 1.807) is 0 Å². The van der Waals surface area contributed by atoms with Gasteiger partial charge in [0.25, 0.3) is 0 Å². The zero-order valence-electron chi connectivity index (χ0n) is 2.60. The molecule has 6 heavy (non-hydrogen) atoms. The van der Waals surface area contributed by atoms with E-state index in [1.165, 1.54) is 0 Å². The first-order valence-corrected chi connectivity index (χ1v) is 1.68. The molecule has 0 saturated carbocycles. The molecule has 0 radical (unpaired) electrons. The molecule has 0 fully saturated rings. The second kappa shape index (κ2) is 9.00. The van der Waals surface area contributed by atoms with Crippen LogP contribution in [-0.4, -0.2) is 11.7 Å². The molecular formula is CH2F2MoO2. The van der Waals surface area contributed by atoms with Crippen molar-refractivity contribution >= 4 is 0 Å². The summed E-state index contributed by atoms with van der Waals surface area (Å²) in [5, 5.41) is 6.72. The van der Waals surface area contributed by atoms with Crippen molar-refractivity contribution in [3.63, 3.8) is 0 Å². The molecule has 2 nitrogen and oxygen atoms in total. The van der Waals surface area contributed by atoms with E-state index < -0.39 is 6.61 Å². The standard InChI is InChI=1S/CH2F2O.Mo.O/c2-1(3)4;;/h1,4H;;. The van der Waals surface area contributed by atoms with Gasteiger partial charge in [-0.2, -0.15) is 8.78 Å². The minimum atomic E-state index is -3.17. The molecule has 0 rings (SSSR count). The SMILES string of the molecule is OC(F)F.[O]=[Mo]. The summed E-state index contributed by atoms with van der Waals surface area (Å²) in [6.07, 6.45) is 0. The number of hydrogen-bond donors (Lipinski definition) is 1. The summed E-state index contributed by atoms with van der Waals surface area (Å²) in [7, 11) is 0. The average molecular weight is 180 g/mol. The van der Waals surface area contributed by atoms with E-state index in [4.69, 9.17) is 8.50 Å². The van der Waals surface area contributed by atoms with Crippen LogP contribution in [0.4, 0.5) is 8.78 Å². The first-order chi connectivity index (χ1) is 2.73. The van der Waals surface area contributed by atoms with E-state index in [9.17, 15) is 8.78 Å². The quantitative estimate of drug-likeness (QED) is 0.536. The first kappa shape index (κ1) is 9.58. The third-order valence-corrected chi connectivity index (χ3v) is 0. The molecule has 0 aromatic heterocycles. The van der Waals surface area contributed by atoms with E-state index in [1.807, 2.05) is 0 Å². The van der Waals surface area contributed by atoms with Crippen molar-refractivity contribution in [3.05, 3.63) is 0 Å². The molecular weight excluding hydrogens is 178 g/mol. The molecule has 5 heteroatoms. The van der Waals surface area contributed by atoms with Crippen molar-refractivity contribution in [2.45, 2.75) is 6.61 Å². The molecule has 0 aliphatic carbocycles. The van der Waals surface area contributed by atoms with Crippen LogP contribution in [0.25, 0.3) is 0 Å². The summed E-state index contributed by atoms with van der Waals surface area (Å²) < 4.78 is 28.0. The van der Waals surface area contributed by atoms with E-state index in [-0.39, 0.29) is 0 Å². The fourth-order valence-electron chi connectivity index (χ4n) is 0. The van der Waals surface area contributed by atoms with Crippen molar-refractivity contribution in [1.29, 1.82) is 0 Å². The number of hydrogen-bond acceptors (Lipinski definition) is 2. The number of aliphatic hydroxyl groups excluding tert-OH is 1. The zero-order valence-corrected chi connectivity index (χ0v) is 4.60. The van der Waals surface area contributed by atoms with Crippen LogP contribution >= 0.6 is 0 Å². The first-order valence-electron chi connectivity index (χ1n) is 0.861. The molecule has 0 amide bonds. The van der Waals surface area contributed by atoms with E-state index >= 15 is 0 Å². The summed E-state index contributed by atoms with van der Waals surface area (Å²) in [5.74, 6) is 0. The Morgan fingerprint density at radius 2 is 1.50 bits per heavy atom. The molecule has 0 spiro atoms. The van der Waals surface area contributed by atoms with Gasteiger partial charge in [-0.3, -0.25) is 0 Å². The Morgan fingerprint density at radius 1 is 1.50 bits per heavy atom. The van der Waals surface area contributed by atoms with Crippen LogP contribution in [0, 0.1) is 0 Å². The summed E-state index contributed by atoms with van der Waals surface area (Å²) in [6, 6.07) is 0. The Balaban J connectivity index is 0. The van der Waals surface area contributed by atoms with Gasteiger partial charge in [0.1, 0.15) is 0 Å². The van der Waals surface area contributed by atoms with Crippen molar-refractivity contribution < 1.29 is 37.1 Å². The van der Waals surface area contributed by atoms with Gasteiger partial charge < -0.3 is 5.11 Å². The zero-order chi connectivity index (χ0) is 5.58. The van der Waals surface area contributed by atoms with Crippen LogP contribution in [0.3, 0.4) is 0 Å². The van der Waals surface area contributed by atoms with Crippen molar-refractivity contribution in [1.82, 2.24) is 0 Å². The molecule has 0 aromatic carbocycles. The average Bonchev–Trinajstić information content (AvgIpc) is 1.41. The second-order valence-corrected chi connectivity index (χ2v) is 0.278. The molecule has 0 aliphatic heterocycles. The normalized spacial score (nSPS) is 6.67. The second-order valence-electron chi connectivity index (χ2n) is 0.278. The van der Waals surface area contributed by atoms with Gasteiger partial charge in [-0.25, -0.2) is 0 Å². The monoisotopic (exact) mass is 182 g/mol. The van der Waals surface area contributed by atoms with Gasteiger partial charge in [-0.1, -0.05) is 0 Å². The Labute approximate surface area is 44.4 Å². The van der Waals surface area contributed by atoms with Crippen LogP contribution in [-0.2, 0) is 23.2 Å². The Bertz CT molecular complexity index is 22.8. The fraction of sp³-hybridized carbons (Fsp3) is 1.00. The summed E-state index contributed by atoms with van der Waals surface area (Å²) in [4.78, 5) is 0. The van der Waals surface area contributed by atoms with Gasteiger partial charge in [-0.15, -0.1) is 0 Å². The molecule has 0 aromatic rings. The molecule has 1 N–H and O–H groups in total. The molecule has 0 saturated heterocycles. The topological polar surface area (TPSA) is 37.3 Å². The van der Waals surface area contributed by atoms with Crippen molar-refractivity contribution in [2.75, 3.05) is 0 Å². The van der Waals surface area contributed by atoms with Crippen LogP contribution < -0.4 is 0 Å². The number of rotatable bonds is 0. The third kappa shape index (κ3) is 496. The van der Waals surface area contributed by atoms with Gasteiger partial charge >= 0.3 is 29.8 Å². The van der Waals surface area contributed by atoms with Crippen LogP contribution in [0.2, 0.25) is 0 Å². The van der Waals surface area contributed by atoms with Crippen LogP contribution in [0.15, 0.2) is 0 Å². The van der Waals surface area contributed by atoms with Gasteiger partial charge in [0.15, 0.2) is 0 Å². The van der Waals surface area contributed by atoms with Crippen molar-refractivity contribution in [3.8, 4) is 0 Å². The van der Waals surface area contributed by atoms with E-state index in [0.29, 0.717) is 19.8 Å². The van der Waals surface area contributed by atoms with Gasteiger partial charge in [0.2, 0.25) is 0 Å². The van der Waals surface area contributed by atoms with Gasteiger partial charge in [-0.05, 0) is 0 Å². The molecule has 0 aliphatic rings. The van der Waals surface area contributed by atoms with Crippen LogP contribution in [0.1, 0.15) is 0 Å². The van der Waals surface area contributed by atoms with E-state index in [0.717, 1.165) is 0 Å². The predicted octanol–water partition coefficient (Wildman–Crippen LogP) is 0.0800. The number of halogens is 2. The van der Waals surface area contributed by atoms with Gasteiger partial charge in [0, 0.05) is 0 Å². The molecule has 0 bridgehead atoms. The van der Waals surface area contributed by atoms with Gasteiger partial charge in [0.05, 0.1) is 0 Å². The van der Waals surface area contributed by atoms with Crippen LogP contribution in [0.5, 0.6) is 0 Å². The Morgan fingerprint density at radius 3 is 1.50 bits per heavy atom. The summed E-state index contributed by atoms with van der Waals surface area (Å²) in [6.45, 7) is -3.17. The summed E-state index contributed by atoms with van der Waals surface area (Å²) >= 11 is 0.700. The molecule has 38 valence electrons. The van der Waals surface area contributed by atoms with Crippen molar-refractivity contribution in [2.24, 2.45) is 0 Å². The third-order valence-electron chi connectivity index (χ3n) is 0. The number of aliphatic hydroxyl groups is 1. The Kier molecular flexibility index (Phi) is 14.4. The maximum absolute atomic E-state index is 9.89. The predicted molar refractivity (Wildman–Crippen MR) is 8.91 cm³/mol.